The second-order valence-electron chi connectivity index (χ2n) is 4.14. The zero-order chi connectivity index (χ0) is 13.2. The summed E-state index contributed by atoms with van der Waals surface area (Å²) in [5, 5.41) is 5.47. The highest BCUT2D eigenvalue weighted by molar-refractivity contribution is 7.19. The standard InChI is InChI=1S/C13H14N4OS/c1-18-11-4-2-3-9(7-11)12-16-17-8-10(5-6-14)15-13(17)19-12/h2-4,7-8H,5-6,14H2,1H3. The summed E-state index contributed by atoms with van der Waals surface area (Å²) in [5.41, 5.74) is 7.55. The van der Waals surface area contributed by atoms with Gasteiger partial charge in [-0.05, 0) is 18.7 Å². The number of aromatic nitrogens is 3. The Kier molecular flexibility index (Phi) is 3.18. The van der Waals surface area contributed by atoms with Crippen molar-refractivity contribution in [1.82, 2.24) is 14.6 Å². The molecule has 3 rings (SSSR count). The van der Waals surface area contributed by atoms with Crippen LogP contribution in [0.15, 0.2) is 30.5 Å². The molecule has 98 valence electrons. The van der Waals surface area contributed by atoms with Gasteiger partial charge < -0.3 is 10.5 Å². The van der Waals surface area contributed by atoms with Crippen molar-refractivity contribution >= 4 is 16.3 Å². The van der Waals surface area contributed by atoms with Crippen molar-refractivity contribution in [2.75, 3.05) is 13.7 Å². The van der Waals surface area contributed by atoms with Crippen LogP contribution in [0.4, 0.5) is 0 Å². The molecule has 2 heterocycles. The lowest BCUT2D eigenvalue weighted by molar-refractivity contribution is 0.415. The Labute approximate surface area is 114 Å². The number of methoxy groups -OCH3 is 1. The Morgan fingerprint density at radius 1 is 1.42 bits per heavy atom. The molecular formula is C13H14N4OS. The van der Waals surface area contributed by atoms with Crippen molar-refractivity contribution in [1.29, 1.82) is 0 Å². The van der Waals surface area contributed by atoms with Crippen LogP contribution in [0.25, 0.3) is 15.5 Å². The molecule has 2 N–H and O–H groups in total. The van der Waals surface area contributed by atoms with Crippen molar-refractivity contribution in [3.63, 3.8) is 0 Å². The molecule has 0 bridgehead atoms. The number of hydrogen-bond donors (Lipinski definition) is 1. The SMILES string of the molecule is COc1cccc(-c2nn3cc(CCN)nc3s2)c1. The molecule has 0 aliphatic heterocycles. The largest absolute Gasteiger partial charge is 0.497 e. The van der Waals surface area contributed by atoms with E-state index >= 15 is 0 Å². The molecule has 19 heavy (non-hydrogen) atoms. The van der Waals surface area contributed by atoms with Gasteiger partial charge in [-0.3, -0.25) is 0 Å². The number of rotatable bonds is 4. The average molecular weight is 274 g/mol. The van der Waals surface area contributed by atoms with Gasteiger partial charge in [-0.25, -0.2) is 9.50 Å². The van der Waals surface area contributed by atoms with Gasteiger partial charge in [0.05, 0.1) is 19.0 Å². The maximum absolute atomic E-state index is 5.52. The van der Waals surface area contributed by atoms with E-state index in [-0.39, 0.29) is 0 Å². The zero-order valence-corrected chi connectivity index (χ0v) is 11.4. The highest BCUT2D eigenvalue weighted by Gasteiger charge is 2.10. The van der Waals surface area contributed by atoms with Gasteiger partial charge in [0.1, 0.15) is 10.8 Å². The van der Waals surface area contributed by atoms with Gasteiger partial charge in [0.2, 0.25) is 4.96 Å². The van der Waals surface area contributed by atoms with Crippen LogP contribution in [0.5, 0.6) is 5.75 Å². The summed E-state index contributed by atoms with van der Waals surface area (Å²) < 4.78 is 7.03. The fourth-order valence-electron chi connectivity index (χ4n) is 1.89. The van der Waals surface area contributed by atoms with E-state index in [0.29, 0.717) is 6.54 Å². The van der Waals surface area contributed by atoms with E-state index in [2.05, 4.69) is 10.1 Å². The van der Waals surface area contributed by atoms with E-state index < -0.39 is 0 Å². The molecule has 5 nitrogen and oxygen atoms in total. The molecule has 3 aromatic rings. The fourth-order valence-corrected chi connectivity index (χ4v) is 2.78. The first-order chi connectivity index (χ1) is 9.30. The number of fused-ring (bicyclic) bond motifs is 1. The molecule has 2 aromatic heterocycles. The monoisotopic (exact) mass is 274 g/mol. The zero-order valence-electron chi connectivity index (χ0n) is 10.5. The first kappa shape index (κ1) is 12.1. The average Bonchev–Trinajstić information content (AvgIpc) is 2.97. The maximum atomic E-state index is 5.52. The molecule has 0 aliphatic rings. The Bertz CT molecular complexity index is 672. The lowest BCUT2D eigenvalue weighted by atomic mass is 10.2. The molecule has 0 atom stereocenters. The van der Waals surface area contributed by atoms with Gasteiger partial charge in [-0.15, -0.1) is 0 Å². The number of nitrogens with zero attached hydrogens (tertiary/aromatic N) is 3. The Morgan fingerprint density at radius 3 is 3.05 bits per heavy atom. The van der Waals surface area contributed by atoms with Gasteiger partial charge in [-0.1, -0.05) is 23.5 Å². The summed E-state index contributed by atoms with van der Waals surface area (Å²) in [6, 6.07) is 7.86. The molecule has 0 aliphatic carbocycles. The number of imidazole rings is 1. The molecule has 0 radical (unpaired) electrons. The normalized spacial score (nSPS) is 11.1. The van der Waals surface area contributed by atoms with Crippen molar-refractivity contribution in [3.05, 3.63) is 36.2 Å². The third kappa shape index (κ3) is 2.32. The second-order valence-corrected chi connectivity index (χ2v) is 5.09. The molecule has 0 spiro atoms. The van der Waals surface area contributed by atoms with Crippen LogP contribution in [0, 0.1) is 0 Å². The fraction of sp³-hybridized carbons (Fsp3) is 0.231. The van der Waals surface area contributed by atoms with Gasteiger partial charge in [0.15, 0.2) is 0 Å². The summed E-state index contributed by atoms with van der Waals surface area (Å²) in [7, 11) is 1.66. The minimum atomic E-state index is 0.605. The van der Waals surface area contributed by atoms with E-state index in [4.69, 9.17) is 10.5 Å². The summed E-state index contributed by atoms with van der Waals surface area (Å²) in [6.07, 6.45) is 2.72. The van der Waals surface area contributed by atoms with E-state index in [9.17, 15) is 0 Å². The van der Waals surface area contributed by atoms with Crippen molar-refractivity contribution < 1.29 is 4.74 Å². The van der Waals surface area contributed by atoms with Crippen LogP contribution in [-0.2, 0) is 6.42 Å². The van der Waals surface area contributed by atoms with Crippen molar-refractivity contribution in [2.24, 2.45) is 5.73 Å². The molecule has 0 saturated heterocycles. The molecule has 0 unspecified atom stereocenters. The van der Waals surface area contributed by atoms with Crippen molar-refractivity contribution in [2.45, 2.75) is 6.42 Å². The van der Waals surface area contributed by atoms with Gasteiger partial charge in [0, 0.05) is 12.0 Å². The minimum Gasteiger partial charge on any atom is -0.497 e. The molecule has 0 amide bonds. The van der Waals surface area contributed by atoms with E-state index in [0.717, 1.165) is 33.4 Å². The Balaban J connectivity index is 1.98. The summed E-state index contributed by atoms with van der Waals surface area (Å²) in [6.45, 7) is 0.605. The van der Waals surface area contributed by atoms with Crippen LogP contribution in [-0.4, -0.2) is 28.3 Å². The molecular weight excluding hydrogens is 260 g/mol. The highest BCUT2D eigenvalue weighted by atomic mass is 32.1. The van der Waals surface area contributed by atoms with Gasteiger partial charge >= 0.3 is 0 Å². The van der Waals surface area contributed by atoms with Gasteiger partial charge in [0.25, 0.3) is 0 Å². The first-order valence-electron chi connectivity index (χ1n) is 6.00. The predicted molar refractivity (Wildman–Crippen MR) is 75.6 cm³/mol. The molecule has 6 heteroatoms. The first-order valence-corrected chi connectivity index (χ1v) is 6.81. The van der Waals surface area contributed by atoms with Crippen LogP contribution >= 0.6 is 11.3 Å². The van der Waals surface area contributed by atoms with Crippen LogP contribution < -0.4 is 10.5 Å². The topological polar surface area (TPSA) is 65.4 Å². The number of hydrogen-bond acceptors (Lipinski definition) is 5. The quantitative estimate of drug-likeness (QED) is 0.790. The predicted octanol–water partition coefficient (Wildman–Crippen LogP) is 1.97. The van der Waals surface area contributed by atoms with E-state index in [1.165, 1.54) is 0 Å². The summed E-state index contributed by atoms with van der Waals surface area (Å²) in [4.78, 5) is 5.39. The lowest BCUT2D eigenvalue weighted by Crippen LogP contribution is -2.02. The second kappa shape index (κ2) is 4.99. The Hall–Kier alpha value is -1.92. The van der Waals surface area contributed by atoms with Crippen LogP contribution in [0.2, 0.25) is 0 Å². The lowest BCUT2D eigenvalue weighted by Gasteiger charge is -2.00. The van der Waals surface area contributed by atoms with Crippen LogP contribution in [0.1, 0.15) is 5.69 Å². The number of ether oxygens (including phenoxy) is 1. The summed E-state index contributed by atoms with van der Waals surface area (Å²) in [5.74, 6) is 0.828. The highest BCUT2D eigenvalue weighted by Crippen LogP contribution is 2.28. The third-order valence-corrected chi connectivity index (χ3v) is 3.78. The van der Waals surface area contributed by atoms with Gasteiger partial charge in [-0.2, -0.15) is 5.10 Å². The summed E-state index contributed by atoms with van der Waals surface area (Å²) >= 11 is 1.56. The molecule has 0 saturated carbocycles. The smallest absolute Gasteiger partial charge is 0.212 e. The van der Waals surface area contributed by atoms with Crippen molar-refractivity contribution in [3.8, 4) is 16.3 Å². The number of nitrogens with two attached hydrogens (primary N) is 1. The third-order valence-electron chi connectivity index (χ3n) is 2.81. The molecule has 0 fully saturated rings. The van der Waals surface area contributed by atoms with E-state index in [1.54, 1.807) is 18.4 Å². The van der Waals surface area contributed by atoms with Crippen LogP contribution in [0.3, 0.4) is 0 Å². The Morgan fingerprint density at radius 2 is 2.32 bits per heavy atom. The molecule has 1 aromatic carbocycles. The minimum absolute atomic E-state index is 0.605. The van der Waals surface area contributed by atoms with E-state index in [1.807, 2.05) is 35.0 Å². The maximum Gasteiger partial charge on any atom is 0.212 e. The number of benzene rings is 1.